The first-order chi connectivity index (χ1) is 9.61. The Hall–Kier alpha value is -2.04. The number of pyridine rings is 1. The zero-order chi connectivity index (χ0) is 14.1. The van der Waals surface area contributed by atoms with Crippen molar-refractivity contribution in [3.63, 3.8) is 0 Å². The van der Waals surface area contributed by atoms with E-state index >= 15 is 0 Å². The molecule has 6 heteroatoms. The molecule has 0 saturated carbocycles. The highest BCUT2D eigenvalue weighted by Crippen LogP contribution is 2.23. The number of carbonyl (C=O) groups is 1. The minimum absolute atomic E-state index is 0.206. The van der Waals surface area contributed by atoms with Crippen LogP contribution in [0.2, 0.25) is 10.2 Å². The first-order valence-electron chi connectivity index (χ1n) is 5.74. The number of carbonyl (C=O) groups excluding carboxylic acids is 1. The summed E-state index contributed by atoms with van der Waals surface area (Å²) in [7, 11) is 0. The van der Waals surface area contributed by atoms with Crippen LogP contribution in [-0.2, 0) is 0 Å². The highest BCUT2D eigenvalue weighted by Gasteiger charge is 2.12. The summed E-state index contributed by atoms with van der Waals surface area (Å²) in [6.07, 6.45) is 1.47. The summed E-state index contributed by atoms with van der Waals surface area (Å²) >= 11 is 11.6. The lowest BCUT2D eigenvalue weighted by molar-refractivity contribution is 0.0998. The maximum Gasteiger partial charge on any atom is 0.291 e. The average Bonchev–Trinajstić information content (AvgIpc) is 2.84. The van der Waals surface area contributed by atoms with Crippen LogP contribution in [0.3, 0.4) is 0 Å². The fraction of sp³-hybridized carbons (Fsp3) is 0. The lowest BCUT2D eigenvalue weighted by Gasteiger charge is -2.01. The van der Waals surface area contributed by atoms with Crippen LogP contribution in [0.15, 0.2) is 47.0 Å². The number of halogens is 2. The van der Waals surface area contributed by atoms with Crippen molar-refractivity contribution in [2.75, 3.05) is 5.32 Å². The number of aromatic nitrogens is 1. The Kier molecular flexibility index (Phi) is 3.34. The molecule has 4 nitrogen and oxygen atoms in total. The summed E-state index contributed by atoms with van der Waals surface area (Å²) in [6.45, 7) is 0. The van der Waals surface area contributed by atoms with E-state index in [1.54, 1.807) is 36.4 Å². The normalized spacial score (nSPS) is 10.7. The Bertz CT molecular complexity index is 781. The standard InChI is InChI=1S/C14H8Cl2N2O2/c15-9-1-3-11-8(5-9)6-12(20-11)14(19)18-10-2-4-13(16)17-7-10/h1-7H,(H,18,19). The largest absolute Gasteiger partial charge is 0.451 e. The molecule has 0 aliphatic heterocycles. The smallest absolute Gasteiger partial charge is 0.291 e. The third-order valence-corrected chi connectivity index (χ3v) is 3.15. The van der Waals surface area contributed by atoms with E-state index < -0.39 is 0 Å². The molecule has 0 unspecified atom stereocenters. The number of amides is 1. The lowest BCUT2D eigenvalue weighted by Crippen LogP contribution is -2.10. The third kappa shape index (κ3) is 2.61. The Morgan fingerprint density at radius 1 is 1.15 bits per heavy atom. The summed E-state index contributed by atoms with van der Waals surface area (Å²) in [5.74, 6) is -0.154. The number of nitrogens with one attached hydrogen (secondary N) is 1. The predicted molar refractivity (Wildman–Crippen MR) is 78.4 cm³/mol. The molecule has 0 aliphatic rings. The van der Waals surface area contributed by atoms with Crippen molar-refractivity contribution in [2.45, 2.75) is 0 Å². The topological polar surface area (TPSA) is 55.1 Å². The van der Waals surface area contributed by atoms with Crippen LogP contribution in [0, 0.1) is 0 Å². The van der Waals surface area contributed by atoms with Crippen molar-refractivity contribution in [3.8, 4) is 0 Å². The van der Waals surface area contributed by atoms with Gasteiger partial charge in [0.05, 0.1) is 11.9 Å². The molecule has 1 aromatic carbocycles. The highest BCUT2D eigenvalue weighted by atomic mass is 35.5. The summed E-state index contributed by atoms with van der Waals surface area (Å²) in [5.41, 5.74) is 1.15. The maximum absolute atomic E-state index is 12.1. The van der Waals surface area contributed by atoms with Crippen LogP contribution in [0.25, 0.3) is 11.0 Å². The number of benzene rings is 1. The molecule has 0 saturated heterocycles. The van der Waals surface area contributed by atoms with Gasteiger partial charge in [-0.2, -0.15) is 0 Å². The summed E-state index contributed by atoms with van der Waals surface area (Å²) < 4.78 is 5.46. The predicted octanol–water partition coefficient (Wildman–Crippen LogP) is 4.39. The minimum atomic E-state index is -0.360. The van der Waals surface area contributed by atoms with Crippen molar-refractivity contribution >= 4 is 45.8 Å². The molecule has 0 spiro atoms. The van der Waals surface area contributed by atoms with E-state index in [0.29, 0.717) is 21.4 Å². The van der Waals surface area contributed by atoms with Gasteiger partial charge in [0.1, 0.15) is 10.7 Å². The zero-order valence-corrected chi connectivity index (χ0v) is 11.6. The van der Waals surface area contributed by atoms with Gasteiger partial charge in [-0.15, -0.1) is 0 Å². The van der Waals surface area contributed by atoms with Gasteiger partial charge in [0.2, 0.25) is 0 Å². The molecule has 0 radical (unpaired) electrons. The Balaban J connectivity index is 1.86. The second-order valence-electron chi connectivity index (χ2n) is 4.12. The number of hydrogen-bond donors (Lipinski definition) is 1. The first kappa shape index (κ1) is 13.0. The molecule has 0 fully saturated rings. The van der Waals surface area contributed by atoms with Gasteiger partial charge in [-0.3, -0.25) is 4.79 Å². The second-order valence-corrected chi connectivity index (χ2v) is 4.94. The fourth-order valence-corrected chi connectivity index (χ4v) is 2.06. The lowest BCUT2D eigenvalue weighted by atomic mass is 10.2. The number of rotatable bonds is 2. The van der Waals surface area contributed by atoms with Crippen molar-refractivity contribution < 1.29 is 9.21 Å². The summed E-state index contributed by atoms with van der Waals surface area (Å²) in [5, 5.41) is 4.40. The molecular formula is C14H8Cl2N2O2. The number of nitrogens with zero attached hydrogens (tertiary/aromatic N) is 1. The fourth-order valence-electron chi connectivity index (χ4n) is 1.77. The van der Waals surface area contributed by atoms with Crippen LogP contribution in [0.4, 0.5) is 5.69 Å². The maximum atomic E-state index is 12.1. The van der Waals surface area contributed by atoms with E-state index in [1.165, 1.54) is 6.20 Å². The molecule has 2 heterocycles. The Morgan fingerprint density at radius 3 is 2.75 bits per heavy atom. The van der Waals surface area contributed by atoms with Gasteiger partial charge in [-0.1, -0.05) is 23.2 Å². The Morgan fingerprint density at radius 2 is 2.00 bits per heavy atom. The number of hydrogen-bond acceptors (Lipinski definition) is 3. The highest BCUT2D eigenvalue weighted by molar-refractivity contribution is 6.31. The summed E-state index contributed by atoms with van der Waals surface area (Å²) in [6, 6.07) is 10.1. The number of furan rings is 1. The molecule has 0 atom stereocenters. The SMILES string of the molecule is O=C(Nc1ccc(Cl)nc1)c1cc2cc(Cl)ccc2o1. The molecule has 3 rings (SSSR count). The molecule has 0 bridgehead atoms. The van der Waals surface area contributed by atoms with Crippen LogP contribution in [-0.4, -0.2) is 10.9 Å². The molecule has 0 aliphatic carbocycles. The van der Waals surface area contributed by atoms with Gasteiger partial charge in [-0.05, 0) is 36.4 Å². The van der Waals surface area contributed by atoms with Gasteiger partial charge in [0, 0.05) is 10.4 Å². The van der Waals surface area contributed by atoms with Gasteiger partial charge >= 0.3 is 0 Å². The van der Waals surface area contributed by atoms with Crippen molar-refractivity contribution in [3.05, 3.63) is 58.5 Å². The van der Waals surface area contributed by atoms with E-state index in [-0.39, 0.29) is 11.7 Å². The Labute approximate surface area is 124 Å². The molecule has 2 aromatic heterocycles. The van der Waals surface area contributed by atoms with Crippen LogP contribution in [0.5, 0.6) is 0 Å². The second kappa shape index (κ2) is 5.15. The van der Waals surface area contributed by atoms with Crippen LogP contribution >= 0.6 is 23.2 Å². The van der Waals surface area contributed by atoms with Crippen LogP contribution < -0.4 is 5.32 Å². The first-order valence-corrected chi connectivity index (χ1v) is 6.49. The monoisotopic (exact) mass is 306 g/mol. The van der Waals surface area contributed by atoms with E-state index in [4.69, 9.17) is 27.6 Å². The van der Waals surface area contributed by atoms with E-state index in [0.717, 1.165) is 5.39 Å². The van der Waals surface area contributed by atoms with Crippen LogP contribution in [0.1, 0.15) is 10.6 Å². The zero-order valence-electron chi connectivity index (χ0n) is 10.1. The van der Waals surface area contributed by atoms with E-state index in [9.17, 15) is 4.79 Å². The molecule has 1 amide bonds. The number of anilines is 1. The molecule has 3 aromatic rings. The van der Waals surface area contributed by atoms with Crippen molar-refractivity contribution in [1.29, 1.82) is 0 Å². The molecule has 1 N–H and O–H groups in total. The molecule has 20 heavy (non-hydrogen) atoms. The minimum Gasteiger partial charge on any atom is -0.451 e. The summed E-state index contributed by atoms with van der Waals surface area (Å²) in [4.78, 5) is 15.9. The quantitative estimate of drug-likeness (QED) is 0.714. The third-order valence-electron chi connectivity index (χ3n) is 2.69. The van der Waals surface area contributed by atoms with Gasteiger partial charge in [0.25, 0.3) is 5.91 Å². The van der Waals surface area contributed by atoms with Gasteiger partial charge in [-0.25, -0.2) is 4.98 Å². The van der Waals surface area contributed by atoms with Gasteiger partial charge in [0.15, 0.2) is 5.76 Å². The van der Waals surface area contributed by atoms with Gasteiger partial charge < -0.3 is 9.73 Å². The number of fused-ring (bicyclic) bond motifs is 1. The van der Waals surface area contributed by atoms with Crippen molar-refractivity contribution in [2.24, 2.45) is 0 Å². The average molecular weight is 307 g/mol. The van der Waals surface area contributed by atoms with Crippen molar-refractivity contribution in [1.82, 2.24) is 4.98 Å². The van der Waals surface area contributed by atoms with E-state index in [2.05, 4.69) is 10.3 Å². The van der Waals surface area contributed by atoms with E-state index in [1.807, 2.05) is 0 Å². The molecular weight excluding hydrogens is 299 g/mol. The molecule has 100 valence electrons.